The number of thiazole rings is 1. The Balaban J connectivity index is 1.33. The van der Waals surface area contributed by atoms with Gasteiger partial charge in [0.15, 0.2) is 17.2 Å². The van der Waals surface area contributed by atoms with Crippen LogP contribution in [0.5, 0.6) is 0 Å². The van der Waals surface area contributed by atoms with Gasteiger partial charge >= 0.3 is 0 Å². The molecule has 7 aromatic rings. The molecule has 4 nitrogen and oxygen atoms in total. The summed E-state index contributed by atoms with van der Waals surface area (Å²) in [6, 6.07) is 38.1. The van der Waals surface area contributed by atoms with Crippen LogP contribution >= 0.6 is 11.3 Å². The summed E-state index contributed by atoms with van der Waals surface area (Å²) in [4.78, 5) is 32.1. The number of hydrogen-bond donors (Lipinski definition) is 0. The average molecular weight is 533 g/mol. The van der Waals surface area contributed by atoms with Crippen LogP contribution in [0.2, 0.25) is 0 Å². The predicted octanol–water partition coefficient (Wildman–Crippen LogP) is 8.52. The SMILES string of the molecule is O=C1C(=Cc2cc3sc(-c4ccccc4)nc3n2-c2ccc3ccccc3c2)C(=O)c2cc3ccccc3cc21. The molecule has 2 heterocycles. The normalized spacial score (nSPS) is 13.1. The maximum Gasteiger partial charge on any atom is 0.197 e. The third kappa shape index (κ3) is 3.49. The van der Waals surface area contributed by atoms with Gasteiger partial charge in [0.25, 0.3) is 0 Å². The molecular weight excluding hydrogens is 512 g/mol. The van der Waals surface area contributed by atoms with Crippen molar-refractivity contribution >= 4 is 60.9 Å². The van der Waals surface area contributed by atoms with Gasteiger partial charge in [-0.15, -0.1) is 11.3 Å². The van der Waals surface area contributed by atoms with Crippen LogP contribution in [-0.4, -0.2) is 21.1 Å². The molecule has 2 aromatic heterocycles. The summed E-state index contributed by atoms with van der Waals surface area (Å²) in [6.07, 6.45) is 1.74. The van der Waals surface area contributed by atoms with Crippen LogP contribution < -0.4 is 0 Å². The Kier molecular flexibility index (Phi) is 4.96. The van der Waals surface area contributed by atoms with Gasteiger partial charge in [-0.1, -0.05) is 84.9 Å². The summed E-state index contributed by atoms with van der Waals surface area (Å²) in [5.74, 6) is -0.475. The van der Waals surface area contributed by atoms with Gasteiger partial charge in [0.1, 0.15) is 5.01 Å². The van der Waals surface area contributed by atoms with Crippen molar-refractivity contribution in [1.29, 1.82) is 0 Å². The molecule has 5 heteroatoms. The molecular formula is C35H20N2O2S. The Hall–Kier alpha value is -5.13. The van der Waals surface area contributed by atoms with Crippen molar-refractivity contribution in [1.82, 2.24) is 9.55 Å². The van der Waals surface area contributed by atoms with Gasteiger partial charge in [-0.05, 0) is 58.0 Å². The molecule has 0 atom stereocenters. The minimum absolute atomic E-state index is 0.181. The second kappa shape index (κ2) is 8.70. The smallest absolute Gasteiger partial charge is 0.197 e. The van der Waals surface area contributed by atoms with Crippen molar-refractivity contribution in [2.45, 2.75) is 0 Å². The van der Waals surface area contributed by atoms with Crippen LogP contribution in [0.15, 0.2) is 121 Å². The van der Waals surface area contributed by atoms with Crippen molar-refractivity contribution < 1.29 is 9.59 Å². The van der Waals surface area contributed by atoms with E-state index < -0.39 is 0 Å². The monoisotopic (exact) mass is 532 g/mol. The summed E-state index contributed by atoms with van der Waals surface area (Å²) in [6.45, 7) is 0. The summed E-state index contributed by atoms with van der Waals surface area (Å²) in [5.41, 5.74) is 4.63. The molecule has 0 saturated carbocycles. The van der Waals surface area contributed by atoms with Gasteiger partial charge in [0.05, 0.1) is 16.0 Å². The van der Waals surface area contributed by atoms with E-state index in [-0.39, 0.29) is 17.1 Å². The fourth-order valence-electron chi connectivity index (χ4n) is 5.59. The van der Waals surface area contributed by atoms with E-state index in [0.29, 0.717) is 11.1 Å². The van der Waals surface area contributed by atoms with Crippen LogP contribution in [0, 0.1) is 0 Å². The first-order chi connectivity index (χ1) is 19.6. The maximum absolute atomic E-state index is 13.6. The van der Waals surface area contributed by atoms with Crippen molar-refractivity contribution in [3.8, 4) is 16.3 Å². The first-order valence-electron chi connectivity index (χ1n) is 13.0. The summed E-state index contributed by atoms with van der Waals surface area (Å²) < 4.78 is 3.04. The molecule has 0 unspecified atom stereocenters. The van der Waals surface area contributed by atoms with Gasteiger partial charge in [-0.25, -0.2) is 4.98 Å². The lowest BCUT2D eigenvalue weighted by molar-refractivity contribution is 0.0990. The van der Waals surface area contributed by atoms with E-state index in [1.54, 1.807) is 17.4 Å². The quantitative estimate of drug-likeness (QED) is 0.169. The highest BCUT2D eigenvalue weighted by Crippen LogP contribution is 2.37. The summed E-state index contributed by atoms with van der Waals surface area (Å²) in [5, 5.41) is 5.06. The molecule has 5 aromatic carbocycles. The number of aromatic nitrogens is 2. The molecule has 0 spiro atoms. The molecule has 1 aliphatic carbocycles. The molecule has 0 saturated heterocycles. The molecule has 0 fully saturated rings. The van der Waals surface area contributed by atoms with Crippen molar-refractivity contribution in [2.75, 3.05) is 0 Å². The Morgan fingerprint density at radius 1 is 0.625 bits per heavy atom. The Morgan fingerprint density at radius 3 is 1.90 bits per heavy atom. The number of benzene rings is 5. The van der Waals surface area contributed by atoms with Crippen LogP contribution in [0.1, 0.15) is 26.4 Å². The minimum atomic E-state index is -0.238. The van der Waals surface area contributed by atoms with Crippen molar-refractivity contribution in [2.24, 2.45) is 0 Å². The van der Waals surface area contributed by atoms with Gasteiger partial charge in [0.2, 0.25) is 0 Å². The Morgan fingerprint density at radius 2 is 1.23 bits per heavy atom. The van der Waals surface area contributed by atoms with Crippen molar-refractivity contribution in [3.63, 3.8) is 0 Å². The van der Waals surface area contributed by atoms with E-state index in [0.717, 1.165) is 53.8 Å². The molecule has 0 bridgehead atoms. The minimum Gasteiger partial charge on any atom is -0.294 e. The van der Waals surface area contributed by atoms with Crippen LogP contribution in [-0.2, 0) is 0 Å². The van der Waals surface area contributed by atoms with Gasteiger partial charge < -0.3 is 0 Å². The summed E-state index contributed by atoms with van der Waals surface area (Å²) in [7, 11) is 0. The van der Waals surface area contributed by atoms with Crippen molar-refractivity contribution in [3.05, 3.63) is 138 Å². The fourth-order valence-corrected chi connectivity index (χ4v) is 6.59. The van der Waals surface area contributed by atoms with E-state index in [4.69, 9.17) is 4.98 Å². The zero-order valence-electron chi connectivity index (χ0n) is 21.2. The number of carbonyl (C=O) groups is 2. The maximum atomic E-state index is 13.6. The Labute approximate surface area is 233 Å². The topological polar surface area (TPSA) is 52.0 Å². The van der Waals surface area contributed by atoms with Crippen LogP contribution in [0.4, 0.5) is 0 Å². The fraction of sp³-hybridized carbons (Fsp3) is 0. The van der Waals surface area contributed by atoms with E-state index in [2.05, 4.69) is 47.0 Å². The number of fused-ring (bicyclic) bond motifs is 4. The number of ketones is 2. The van der Waals surface area contributed by atoms with E-state index >= 15 is 0 Å². The zero-order chi connectivity index (χ0) is 26.8. The van der Waals surface area contributed by atoms with Gasteiger partial charge in [0, 0.05) is 22.4 Å². The zero-order valence-corrected chi connectivity index (χ0v) is 22.0. The lowest BCUT2D eigenvalue weighted by Crippen LogP contribution is -2.03. The molecule has 8 rings (SSSR count). The number of carbonyl (C=O) groups excluding carboxylic acids is 2. The highest BCUT2D eigenvalue weighted by molar-refractivity contribution is 7.21. The van der Waals surface area contributed by atoms with Crippen LogP contribution in [0.25, 0.3) is 54.2 Å². The second-order valence-electron chi connectivity index (χ2n) is 9.97. The predicted molar refractivity (Wildman–Crippen MR) is 162 cm³/mol. The molecule has 0 aliphatic heterocycles. The highest BCUT2D eigenvalue weighted by atomic mass is 32.1. The highest BCUT2D eigenvalue weighted by Gasteiger charge is 2.34. The molecule has 0 N–H and O–H groups in total. The van der Waals surface area contributed by atoms with Gasteiger partial charge in [-0.3, -0.25) is 14.2 Å². The molecule has 1 aliphatic rings. The first kappa shape index (κ1) is 22.8. The third-order valence-electron chi connectivity index (χ3n) is 7.55. The van der Waals surface area contributed by atoms with E-state index in [1.165, 1.54) is 0 Å². The lowest BCUT2D eigenvalue weighted by Gasteiger charge is -2.09. The number of nitrogens with zero attached hydrogens (tertiary/aromatic N) is 2. The first-order valence-corrected chi connectivity index (χ1v) is 13.9. The summed E-state index contributed by atoms with van der Waals surface area (Å²) >= 11 is 1.60. The number of hydrogen-bond acceptors (Lipinski definition) is 4. The number of allylic oxidation sites excluding steroid dienone is 1. The Bertz CT molecular complexity index is 2150. The van der Waals surface area contributed by atoms with E-state index in [9.17, 15) is 9.59 Å². The average Bonchev–Trinajstić information content (AvgIpc) is 3.62. The molecule has 0 radical (unpaired) electrons. The number of Topliss-reactive ketones (excluding diaryl/α,β-unsaturated/α-hetero) is 2. The molecule has 188 valence electrons. The molecule has 40 heavy (non-hydrogen) atoms. The van der Waals surface area contributed by atoms with E-state index in [1.807, 2.05) is 72.8 Å². The van der Waals surface area contributed by atoms with Gasteiger partial charge in [-0.2, -0.15) is 0 Å². The largest absolute Gasteiger partial charge is 0.294 e. The lowest BCUT2D eigenvalue weighted by atomic mass is 10.0. The van der Waals surface area contributed by atoms with Crippen LogP contribution in [0.3, 0.4) is 0 Å². The third-order valence-corrected chi connectivity index (χ3v) is 8.59. The second-order valence-corrected chi connectivity index (χ2v) is 11.0. The molecule has 0 amide bonds. The number of rotatable bonds is 3. The standard InChI is InChI=1S/C35H20N2O2S/c38-32-28-17-24-12-6-7-13-25(24)18-29(28)33(39)30(32)19-27-20-31-34(36-35(40-31)22-9-2-1-3-10-22)37(27)26-15-14-21-8-4-5-11-23(21)16-26/h1-20H.